The fraction of sp³-hybridized carbons (Fsp3) is 0.235. The van der Waals surface area contributed by atoms with Crippen LogP contribution in [0.3, 0.4) is 0 Å². The van der Waals surface area contributed by atoms with E-state index in [0.29, 0.717) is 18.7 Å². The molecular weight excluding hydrogens is 278 g/mol. The Morgan fingerprint density at radius 1 is 1.18 bits per heavy atom. The number of amides is 2. The lowest BCUT2D eigenvalue weighted by Gasteiger charge is -2.15. The molecule has 22 heavy (non-hydrogen) atoms. The van der Waals surface area contributed by atoms with Crippen LogP contribution in [0.5, 0.6) is 0 Å². The van der Waals surface area contributed by atoms with Crippen molar-refractivity contribution in [1.82, 2.24) is 15.2 Å². The fourth-order valence-electron chi connectivity index (χ4n) is 2.54. The lowest BCUT2D eigenvalue weighted by atomic mass is 10.2. The van der Waals surface area contributed by atoms with Gasteiger partial charge in [0, 0.05) is 30.5 Å². The molecule has 0 saturated carbocycles. The number of carbonyl (C=O) groups excluding carboxylic acids is 2. The molecule has 1 aromatic carbocycles. The second-order valence-electron chi connectivity index (χ2n) is 5.39. The highest BCUT2D eigenvalue weighted by Gasteiger charge is 2.23. The number of aryl methyl sites for hydroxylation is 1. The molecule has 5 heteroatoms. The third kappa shape index (κ3) is 2.98. The third-order valence-electron chi connectivity index (χ3n) is 3.73. The fourth-order valence-corrected chi connectivity index (χ4v) is 2.54. The standard InChI is InChI=1S/C17H17N3O2/c1-12-7-14-10-20(11-15(14)8-18-12)16(21)9-19-17(22)13-5-3-2-4-6-13/h2-8H,9-11H2,1H3,(H,19,22). The van der Waals surface area contributed by atoms with E-state index >= 15 is 0 Å². The van der Waals surface area contributed by atoms with Gasteiger partial charge in [0.1, 0.15) is 0 Å². The molecule has 0 spiro atoms. The minimum Gasteiger partial charge on any atom is -0.343 e. The molecule has 0 aliphatic carbocycles. The average molecular weight is 295 g/mol. The Bertz CT molecular complexity index is 713. The summed E-state index contributed by atoms with van der Waals surface area (Å²) >= 11 is 0. The van der Waals surface area contributed by atoms with Crippen molar-refractivity contribution < 1.29 is 9.59 Å². The summed E-state index contributed by atoms with van der Waals surface area (Å²) in [4.78, 5) is 30.1. The third-order valence-corrected chi connectivity index (χ3v) is 3.73. The Morgan fingerprint density at radius 2 is 1.91 bits per heavy atom. The van der Waals surface area contributed by atoms with Crippen LogP contribution in [0.25, 0.3) is 0 Å². The van der Waals surface area contributed by atoms with Crippen molar-refractivity contribution in [3.63, 3.8) is 0 Å². The van der Waals surface area contributed by atoms with Gasteiger partial charge in [-0.1, -0.05) is 18.2 Å². The van der Waals surface area contributed by atoms with Crippen molar-refractivity contribution in [2.24, 2.45) is 0 Å². The summed E-state index contributed by atoms with van der Waals surface area (Å²) in [5.41, 5.74) is 3.72. The molecule has 1 aliphatic rings. The van der Waals surface area contributed by atoms with Gasteiger partial charge in [-0.2, -0.15) is 0 Å². The van der Waals surface area contributed by atoms with E-state index < -0.39 is 0 Å². The lowest BCUT2D eigenvalue weighted by Crippen LogP contribution is -2.37. The van der Waals surface area contributed by atoms with Gasteiger partial charge >= 0.3 is 0 Å². The molecule has 0 saturated heterocycles. The molecule has 5 nitrogen and oxygen atoms in total. The summed E-state index contributed by atoms with van der Waals surface area (Å²) < 4.78 is 0. The van der Waals surface area contributed by atoms with Crippen LogP contribution in [0.2, 0.25) is 0 Å². The highest BCUT2D eigenvalue weighted by atomic mass is 16.2. The molecule has 1 aromatic heterocycles. The van der Waals surface area contributed by atoms with Crippen molar-refractivity contribution in [1.29, 1.82) is 0 Å². The zero-order valence-electron chi connectivity index (χ0n) is 12.4. The first-order chi connectivity index (χ1) is 10.6. The number of hydrogen-bond donors (Lipinski definition) is 1. The van der Waals surface area contributed by atoms with Gasteiger partial charge < -0.3 is 10.2 Å². The van der Waals surface area contributed by atoms with Gasteiger partial charge in [-0.3, -0.25) is 14.6 Å². The van der Waals surface area contributed by atoms with E-state index in [1.165, 1.54) is 0 Å². The van der Waals surface area contributed by atoms with Crippen LogP contribution in [0.4, 0.5) is 0 Å². The van der Waals surface area contributed by atoms with E-state index in [1.807, 2.05) is 25.3 Å². The van der Waals surface area contributed by atoms with Crippen LogP contribution in [-0.2, 0) is 17.9 Å². The van der Waals surface area contributed by atoms with E-state index in [2.05, 4.69) is 10.3 Å². The number of rotatable bonds is 3. The maximum Gasteiger partial charge on any atom is 0.251 e. The average Bonchev–Trinajstić information content (AvgIpc) is 2.96. The number of nitrogens with zero attached hydrogens (tertiary/aromatic N) is 2. The molecule has 1 aliphatic heterocycles. The van der Waals surface area contributed by atoms with Crippen LogP contribution in [0, 0.1) is 6.92 Å². The lowest BCUT2D eigenvalue weighted by molar-refractivity contribution is -0.130. The maximum atomic E-state index is 12.2. The van der Waals surface area contributed by atoms with Crippen LogP contribution in [-0.4, -0.2) is 28.2 Å². The van der Waals surface area contributed by atoms with Gasteiger partial charge in [-0.05, 0) is 36.2 Å². The number of pyridine rings is 1. The zero-order valence-corrected chi connectivity index (χ0v) is 12.4. The van der Waals surface area contributed by atoms with Crippen molar-refractivity contribution in [2.45, 2.75) is 20.0 Å². The van der Waals surface area contributed by atoms with Crippen LogP contribution < -0.4 is 5.32 Å². The van der Waals surface area contributed by atoms with E-state index in [0.717, 1.165) is 16.8 Å². The largest absolute Gasteiger partial charge is 0.343 e. The molecule has 2 aromatic rings. The normalized spacial score (nSPS) is 12.9. The summed E-state index contributed by atoms with van der Waals surface area (Å²) in [7, 11) is 0. The van der Waals surface area contributed by atoms with E-state index in [1.54, 1.807) is 29.2 Å². The number of aromatic nitrogens is 1. The molecule has 0 unspecified atom stereocenters. The highest BCUT2D eigenvalue weighted by Crippen LogP contribution is 2.22. The number of carbonyl (C=O) groups is 2. The first kappa shape index (κ1) is 14.3. The Balaban J connectivity index is 1.57. The Labute approximate surface area is 129 Å². The van der Waals surface area contributed by atoms with Gasteiger partial charge in [0.25, 0.3) is 5.91 Å². The molecule has 0 radical (unpaired) electrons. The van der Waals surface area contributed by atoms with E-state index in [9.17, 15) is 9.59 Å². The van der Waals surface area contributed by atoms with E-state index in [-0.39, 0.29) is 18.4 Å². The maximum absolute atomic E-state index is 12.2. The van der Waals surface area contributed by atoms with E-state index in [4.69, 9.17) is 0 Å². The van der Waals surface area contributed by atoms with Gasteiger partial charge in [0.2, 0.25) is 5.91 Å². The number of fused-ring (bicyclic) bond motifs is 1. The highest BCUT2D eigenvalue weighted by molar-refractivity contribution is 5.96. The Hall–Kier alpha value is -2.69. The van der Waals surface area contributed by atoms with Crippen molar-refractivity contribution >= 4 is 11.8 Å². The second kappa shape index (κ2) is 5.97. The van der Waals surface area contributed by atoms with Gasteiger partial charge in [0.15, 0.2) is 0 Å². The summed E-state index contributed by atoms with van der Waals surface area (Å²) in [5.74, 6) is -0.318. The number of benzene rings is 1. The molecule has 0 fully saturated rings. The molecule has 112 valence electrons. The predicted molar refractivity (Wildman–Crippen MR) is 82.0 cm³/mol. The van der Waals surface area contributed by atoms with Gasteiger partial charge in [-0.15, -0.1) is 0 Å². The molecule has 1 N–H and O–H groups in total. The van der Waals surface area contributed by atoms with Crippen LogP contribution in [0.15, 0.2) is 42.6 Å². The monoisotopic (exact) mass is 295 g/mol. The van der Waals surface area contributed by atoms with Gasteiger partial charge in [-0.25, -0.2) is 0 Å². The molecule has 2 amide bonds. The second-order valence-corrected chi connectivity index (χ2v) is 5.39. The zero-order chi connectivity index (χ0) is 15.5. The molecule has 2 heterocycles. The minimum absolute atomic E-state index is 0.00806. The predicted octanol–water partition coefficient (Wildman–Crippen LogP) is 1.66. The summed E-state index contributed by atoms with van der Waals surface area (Å²) in [6, 6.07) is 10.9. The Morgan fingerprint density at radius 3 is 2.68 bits per heavy atom. The quantitative estimate of drug-likeness (QED) is 0.937. The summed E-state index contributed by atoms with van der Waals surface area (Å²) in [5, 5.41) is 2.67. The number of nitrogens with one attached hydrogen (secondary N) is 1. The first-order valence-corrected chi connectivity index (χ1v) is 7.19. The minimum atomic E-state index is -0.233. The van der Waals surface area contributed by atoms with Crippen LogP contribution >= 0.6 is 0 Å². The molecule has 3 rings (SSSR count). The smallest absolute Gasteiger partial charge is 0.251 e. The molecule has 0 atom stereocenters. The number of hydrogen-bond acceptors (Lipinski definition) is 3. The Kier molecular flexibility index (Phi) is 3.87. The summed E-state index contributed by atoms with van der Waals surface area (Å²) in [6.07, 6.45) is 1.82. The topological polar surface area (TPSA) is 62.3 Å². The first-order valence-electron chi connectivity index (χ1n) is 7.19. The molecule has 0 bridgehead atoms. The SMILES string of the molecule is Cc1cc2c(cn1)CN(C(=O)CNC(=O)c1ccccc1)C2. The molecular formula is C17H17N3O2. The summed E-state index contributed by atoms with van der Waals surface area (Å²) in [6.45, 7) is 3.08. The van der Waals surface area contributed by atoms with Crippen molar-refractivity contribution in [3.05, 3.63) is 65.0 Å². The van der Waals surface area contributed by atoms with Crippen molar-refractivity contribution in [3.8, 4) is 0 Å². The van der Waals surface area contributed by atoms with Crippen molar-refractivity contribution in [2.75, 3.05) is 6.54 Å². The van der Waals surface area contributed by atoms with Crippen LogP contribution in [0.1, 0.15) is 27.2 Å². The van der Waals surface area contributed by atoms with Gasteiger partial charge in [0.05, 0.1) is 6.54 Å².